The molecule has 82 valence electrons. The summed E-state index contributed by atoms with van der Waals surface area (Å²) in [5, 5.41) is 12.6. The summed E-state index contributed by atoms with van der Waals surface area (Å²) in [6, 6.07) is -1.36. The highest BCUT2D eigenvalue weighted by Crippen LogP contribution is 1.97. The maximum atomic E-state index is 11.3. The van der Waals surface area contributed by atoms with Crippen molar-refractivity contribution < 1.29 is 20.4 Å². The molecular formula is C8H16N2O3S. The number of hydrogen-bond acceptors (Lipinski definition) is 4. The maximum absolute atomic E-state index is 11.3. The first-order valence-corrected chi connectivity index (χ1v) is 5.71. The van der Waals surface area contributed by atoms with Crippen molar-refractivity contribution in [2.24, 2.45) is 0 Å². The van der Waals surface area contributed by atoms with Crippen LogP contribution in [0.15, 0.2) is 0 Å². The van der Waals surface area contributed by atoms with Gasteiger partial charge >= 0.3 is 0 Å². The molecule has 0 aromatic carbocycles. The Morgan fingerprint density at radius 3 is 2.57 bits per heavy atom. The van der Waals surface area contributed by atoms with Crippen LogP contribution >= 0.6 is 11.8 Å². The molecule has 0 spiro atoms. The van der Waals surface area contributed by atoms with Crippen LogP contribution < -0.4 is 16.2 Å². The molecule has 0 aliphatic carbocycles. The van der Waals surface area contributed by atoms with Gasteiger partial charge in [-0.2, -0.15) is 11.8 Å². The number of carboxylic acid groups (broad SMARTS) is 1. The van der Waals surface area contributed by atoms with Crippen molar-refractivity contribution in [3.63, 3.8) is 0 Å². The van der Waals surface area contributed by atoms with Crippen molar-refractivity contribution in [2.45, 2.75) is 25.4 Å². The van der Waals surface area contributed by atoms with Gasteiger partial charge in [0.15, 0.2) is 6.04 Å². The Morgan fingerprint density at radius 1 is 1.57 bits per heavy atom. The highest BCUT2D eigenvalue weighted by Gasteiger charge is 2.18. The van der Waals surface area contributed by atoms with Crippen LogP contribution in [0, 0.1) is 0 Å². The molecule has 0 rings (SSSR count). The summed E-state index contributed by atoms with van der Waals surface area (Å²) in [6.07, 6.45) is 2.58. The number of aliphatic carboxylic acids is 1. The molecule has 4 N–H and O–H groups in total. The average Bonchev–Trinajstić information content (AvgIpc) is 2.13. The van der Waals surface area contributed by atoms with Crippen LogP contribution in [0.5, 0.6) is 0 Å². The Hall–Kier alpha value is -0.750. The minimum atomic E-state index is -1.28. The number of carboxylic acids is 1. The number of thioether (sulfide) groups is 1. The SMILES string of the molecule is CSCC[C@H]([NH3+])C(=O)N[C@@H](C)C(=O)[O-]. The largest absolute Gasteiger partial charge is 0.548 e. The predicted molar refractivity (Wildman–Crippen MR) is 52.3 cm³/mol. The Morgan fingerprint density at radius 2 is 2.14 bits per heavy atom. The molecule has 6 heteroatoms. The Bertz CT molecular complexity index is 211. The van der Waals surface area contributed by atoms with Gasteiger partial charge in [0.25, 0.3) is 5.91 Å². The molecule has 0 aromatic rings. The van der Waals surface area contributed by atoms with E-state index in [1.165, 1.54) is 6.92 Å². The van der Waals surface area contributed by atoms with Crippen LogP contribution in [-0.4, -0.2) is 36.0 Å². The van der Waals surface area contributed by atoms with E-state index in [1.807, 2.05) is 6.26 Å². The lowest BCUT2D eigenvalue weighted by Crippen LogP contribution is -2.68. The van der Waals surface area contributed by atoms with Gasteiger partial charge in [-0.25, -0.2) is 0 Å². The Balaban J connectivity index is 3.88. The normalized spacial score (nSPS) is 14.5. The van der Waals surface area contributed by atoms with Crippen molar-refractivity contribution >= 4 is 23.6 Å². The standard InChI is InChI=1S/C8H16N2O3S/c1-5(8(12)13)10-7(11)6(9)3-4-14-2/h5-6H,3-4,9H2,1-2H3,(H,10,11)(H,12,13)/t5-,6-/m0/s1. The molecule has 0 saturated heterocycles. The van der Waals surface area contributed by atoms with Gasteiger partial charge < -0.3 is 21.0 Å². The van der Waals surface area contributed by atoms with E-state index in [0.717, 1.165) is 5.75 Å². The van der Waals surface area contributed by atoms with E-state index in [9.17, 15) is 14.7 Å². The highest BCUT2D eigenvalue weighted by atomic mass is 32.2. The second kappa shape index (κ2) is 6.67. The zero-order valence-corrected chi connectivity index (χ0v) is 9.23. The lowest BCUT2D eigenvalue weighted by Gasteiger charge is -2.16. The van der Waals surface area contributed by atoms with Crippen molar-refractivity contribution in [3.8, 4) is 0 Å². The first-order valence-electron chi connectivity index (χ1n) is 4.32. The number of amides is 1. The van der Waals surface area contributed by atoms with Crippen LogP contribution in [0.1, 0.15) is 13.3 Å². The quantitative estimate of drug-likeness (QED) is 0.521. The molecule has 0 bridgehead atoms. The molecule has 0 unspecified atom stereocenters. The van der Waals surface area contributed by atoms with Gasteiger partial charge in [-0.1, -0.05) is 0 Å². The smallest absolute Gasteiger partial charge is 0.278 e. The molecule has 5 nitrogen and oxygen atoms in total. The third-order valence-electron chi connectivity index (χ3n) is 1.75. The van der Waals surface area contributed by atoms with Crippen molar-refractivity contribution in [2.75, 3.05) is 12.0 Å². The van der Waals surface area contributed by atoms with Gasteiger partial charge in [0.2, 0.25) is 0 Å². The van der Waals surface area contributed by atoms with Gasteiger partial charge in [-0.05, 0) is 18.9 Å². The van der Waals surface area contributed by atoms with Crippen molar-refractivity contribution in [3.05, 3.63) is 0 Å². The van der Waals surface area contributed by atoms with Gasteiger partial charge in [0, 0.05) is 6.42 Å². The van der Waals surface area contributed by atoms with E-state index in [4.69, 9.17) is 0 Å². The third-order valence-corrected chi connectivity index (χ3v) is 2.40. The number of rotatable bonds is 6. The first-order chi connectivity index (χ1) is 6.49. The topological polar surface area (TPSA) is 96.9 Å². The highest BCUT2D eigenvalue weighted by molar-refractivity contribution is 7.98. The van der Waals surface area contributed by atoms with Crippen molar-refractivity contribution in [1.82, 2.24) is 5.32 Å². The summed E-state index contributed by atoms with van der Waals surface area (Å²) >= 11 is 1.62. The van der Waals surface area contributed by atoms with E-state index in [2.05, 4.69) is 11.1 Å². The fraction of sp³-hybridized carbons (Fsp3) is 0.750. The molecule has 0 fully saturated rings. The van der Waals surface area contributed by atoms with E-state index < -0.39 is 18.1 Å². The van der Waals surface area contributed by atoms with Crippen LogP contribution in [0.4, 0.5) is 0 Å². The molecule has 0 aliphatic rings. The Kier molecular flexibility index (Phi) is 6.31. The monoisotopic (exact) mass is 220 g/mol. The molecule has 1 amide bonds. The summed E-state index contributed by atoms with van der Waals surface area (Å²) < 4.78 is 0. The van der Waals surface area contributed by atoms with Crippen LogP contribution in [0.3, 0.4) is 0 Å². The number of quaternary nitrogens is 1. The fourth-order valence-corrected chi connectivity index (χ4v) is 1.30. The minimum absolute atomic E-state index is 0.337. The predicted octanol–water partition coefficient (Wildman–Crippen LogP) is -2.40. The third kappa shape index (κ3) is 5.08. The van der Waals surface area contributed by atoms with Crippen molar-refractivity contribution in [1.29, 1.82) is 0 Å². The summed E-state index contributed by atoms with van der Waals surface area (Å²) in [5.41, 5.74) is 3.65. The Labute approximate surface area is 87.4 Å². The molecular weight excluding hydrogens is 204 g/mol. The maximum Gasteiger partial charge on any atom is 0.278 e. The second-order valence-corrected chi connectivity index (χ2v) is 4.01. The molecule has 0 radical (unpaired) electrons. The van der Waals surface area contributed by atoms with E-state index in [0.29, 0.717) is 6.42 Å². The second-order valence-electron chi connectivity index (χ2n) is 3.03. The van der Waals surface area contributed by atoms with E-state index in [-0.39, 0.29) is 5.91 Å². The molecule has 2 atom stereocenters. The number of carbonyl (C=O) groups excluding carboxylic acids is 2. The van der Waals surface area contributed by atoms with Gasteiger partial charge in [0.05, 0.1) is 12.0 Å². The molecule has 0 aromatic heterocycles. The minimum Gasteiger partial charge on any atom is -0.548 e. The lowest BCUT2D eigenvalue weighted by atomic mass is 10.2. The molecule has 14 heavy (non-hydrogen) atoms. The number of nitrogens with one attached hydrogen (secondary N) is 1. The summed E-state index contributed by atoms with van der Waals surface area (Å²) in [4.78, 5) is 21.6. The summed E-state index contributed by atoms with van der Waals surface area (Å²) in [7, 11) is 0. The van der Waals surface area contributed by atoms with Crippen LogP contribution in [-0.2, 0) is 9.59 Å². The molecule has 0 aliphatic heterocycles. The van der Waals surface area contributed by atoms with Gasteiger partial charge in [0.1, 0.15) is 0 Å². The average molecular weight is 220 g/mol. The summed E-state index contributed by atoms with van der Waals surface area (Å²) in [5.74, 6) is -0.785. The zero-order valence-electron chi connectivity index (χ0n) is 8.41. The van der Waals surface area contributed by atoms with E-state index >= 15 is 0 Å². The zero-order chi connectivity index (χ0) is 11.1. The van der Waals surface area contributed by atoms with Gasteiger partial charge in [-0.3, -0.25) is 4.79 Å². The van der Waals surface area contributed by atoms with Crippen LogP contribution in [0.2, 0.25) is 0 Å². The van der Waals surface area contributed by atoms with E-state index in [1.54, 1.807) is 11.8 Å². The summed E-state index contributed by atoms with van der Waals surface area (Å²) in [6.45, 7) is 1.37. The van der Waals surface area contributed by atoms with Crippen LogP contribution in [0.25, 0.3) is 0 Å². The fourth-order valence-electron chi connectivity index (χ4n) is 0.781. The lowest BCUT2D eigenvalue weighted by molar-refractivity contribution is -0.404. The molecule has 0 saturated carbocycles. The molecule has 0 heterocycles. The number of hydrogen-bond donors (Lipinski definition) is 2. The first kappa shape index (κ1) is 13.2. The van der Waals surface area contributed by atoms with Gasteiger partial charge in [-0.15, -0.1) is 0 Å². The number of carbonyl (C=O) groups is 2.